The first kappa shape index (κ1) is 8.89. The Hall–Kier alpha value is -1.69. The van der Waals surface area contributed by atoms with Crippen molar-refractivity contribution >= 4 is 22.9 Å². The molecule has 0 bridgehead atoms. The number of hydrogen-bond acceptors (Lipinski definition) is 5. The van der Waals surface area contributed by atoms with Crippen LogP contribution >= 0.6 is 11.3 Å². The molecule has 0 aliphatic rings. The number of ketones is 1. The van der Waals surface area contributed by atoms with Crippen LogP contribution in [0.25, 0.3) is 0 Å². The Morgan fingerprint density at radius 3 is 2.93 bits per heavy atom. The summed E-state index contributed by atoms with van der Waals surface area (Å²) in [5.74, 6) is 0.180. The number of carbonyl (C=O) groups is 1. The van der Waals surface area contributed by atoms with Gasteiger partial charge in [-0.1, -0.05) is 0 Å². The van der Waals surface area contributed by atoms with Gasteiger partial charge in [-0.2, -0.15) is 5.10 Å². The van der Waals surface area contributed by atoms with E-state index in [9.17, 15) is 4.79 Å². The monoisotopic (exact) mass is 208 g/mol. The summed E-state index contributed by atoms with van der Waals surface area (Å²) in [6.07, 6.45) is 1.46. The third kappa shape index (κ3) is 1.29. The molecule has 0 amide bonds. The van der Waals surface area contributed by atoms with Crippen LogP contribution in [0.4, 0.5) is 5.82 Å². The molecule has 5 nitrogen and oxygen atoms in total. The lowest BCUT2D eigenvalue weighted by atomic mass is 10.2. The Balaban J connectivity index is 2.42. The van der Waals surface area contributed by atoms with E-state index in [-0.39, 0.29) is 5.78 Å². The van der Waals surface area contributed by atoms with Crippen LogP contribution in [0, 0.1) is 0 Å². The number of aryl methyl sites for hydroxylation is 1. The summed E-state index contributed by atoms with van der Waals surface area (Å²) < 4.78 is 1.46. The molecule has 0 saturated heterocycles. The zero-order valence-corrected chi connectivity index (χ0v) is 8.28. The van der Waals surface area contributed by atoms with Gasteiger partial charge < -0.3 is 5.73 Å². The highest BCUT2D eigenvalue weighted by Gasteiger charge is 2.16. The fourth-order valence-corrected chi connectivity index (χ4v) is 1.62. The third-order valence-corrected chi connectivity index (χ3v) is 2.48. The quantitative estimate of drug-likeness (QED) is 0.737. The van der Waals surface area contributed by atoms with Crippen molar-refractivity contribution in [1.29, 1.82) is 0 Å². The maximum Gasteiger partial charge on any atom is 0.217 e. The van der Waals surface area contributed by atoms with Crippen LogP contribution in [0.3, 0.4) is 0 Å². The minimum Gasteiger partial charge on any atom is -0.383 e. The van der Waals surface area contributed by atoms with Crippen LogP contribution in [0.1, 0.15) is 16.1 Å². The van der Waals surface area contributed by atoms with Crippen molar-refractivity contribution in [2.75, 3.05) is 5.73 Å². The molecule has 0 aliphatic heterocycles. The second-order valence-electron chi connectivity index (χ2n) is 2.77. The van der Waals surface area contributed by atoms with Crippen molar-refractivity contribution in [2.24, 2.45) is 7.05 Å². The molecule has 2 N–H and O–H groups in total. The normalized spacial score (nSPS) is 10.4. The fourth-order valence-electron chi connectivity index (χ4n) is 1.08. The largest absolute Gasteiger partial charge is 0.383 e. The fraction of sp³-hybridized carbons (Fsp3) is 0.125. The molecule has 0 spiro atoms. The summed E-state index contributed by atoms with van der Waals surface area (Å²) in [4.78, 5) is 15.7. The minimum atomic E-state index is -0.183. The Kier molecular flexibility index (Phi) is 2.05. The lowest BCUT2D eigenvalue weighted by molar-refractivity contribution is 0.103. The summed E-state index contributed by atoms with van der Waals surface area (Å²) >= 11 is 1.38. The van der Waals surface area contributed by atoms with Gasteiger partial charge in [0, 0.05) is 12.4 Å². The highest BCUT2D eigenvalue weighted by Crippen LogP contribution is 2.15. The van der Waals surface area contributed by atoms with Gasteiger partial charge in [-0.15, -0.1) is 11.3 Å². The van der Waals surface area contributed by atoms with E-state index in [1.165, 1.54) is 22.2 Å². The third-order valence-electron chi connectivity index (χ3n) is 1.89. The van der Waals surface area contributed by atoms with E-state index in [0.29, 0.717) is 17.1 Å². The first-order valence-corrected chi connectivity index (χ1v) is 4.85. The Morgan fingerprint density at radius 2 is 2.43 bits per heavy atom. The standard InChI is InChI=1S/C8H8N4OS/c1-12-8(9)5(2-11-12)7(13)6-3-14-4-10-6/h2-4H,9H2,1H3. The number of nitrogen functional groups attached to an aromatic ring is 1. The van der Waals surface area contributed by atoms with Gasteiger partial charge >= 0.3 is 0 Å². The Labute approximate surface area is 84.2 Å². The molecule has 72 valence electrons. The first-order chi connectivity index (χ1) is 6.70. The molecule has 2 rings (SSSR count). The topological polar surface area (TPSA) is 73.8 Å². The van der Waals surface area contributed by atoms with E-state index in [1.807, 2.05) is 0 Å². The van der Waals surface area contributed by atoms with E-state index in [1.54, 1.807) is 17.9 Å². The zero-order chi connectivity index (χ0) is 10.1. The van der Waals surface area contributed by atoms with Crippen molar-refractivity contribution in [2.45, 2.75) is 0 Å². The molecule has 0 aliphatic carbocycles. The zero-order valence-electron chi connectivity index (χ0n) is 7.47. The lowest BCUT2D eigenvalue weighted by Crippen LogP contribution is -2.06. The van der Waals surface area contributed by atoms with Gasteiger partial charge in [-0.3, -0.25) is 9.48 Å². The molecular weight excluding hydrogens is 200 g/mol. The van der Waals surface area contributed by atoms with Gasteiger partial charge in [-0.05, 0) is 0 Å². The highest BCUT2D eigenvalue weighted by atomic mass is 32.1. The Bertz CT molecular complexity index is 460. The van der Waals surface area contributed by atoms with Gasteiger partial charge in [0.05, 0.1) is 17.3 Å². The number of rotatable bonds is 2. The van der Waals surface area contributed by atoms with Crippen molar-refractivity contribution in [3.05, 3.63) is 28.3 Å². The molecule has 0 unspecified atom stereocenters. The van der Waals surface area contributed by atoms with Crippen LogP contribution in [0.2, 0.25) is 0 Å². The summed E-state index contributed by atoms with van der Waals surface area (Å²) in [7, 11) is 1.69. The van der Waals surface area contributed by atoms with E-state index < -0.39 is 0 Å². The number of nitrogens with two attached hydrogens (primary N) is 1. The molecule has 2 aromatic heterocycles. The van der Waals surface area contributed by atoms with E-state index in [0.717, 1.165) is 0 Å². The van der Waals surface area contributed by atoms with Gasteiger partial charge in [0.1, 0.15) is 11.5 Å². The molecule has 0 aromatic carbocycles. The maximum absolute atomic E-state index is 11.8. The first-order valence-electron chi connectivity index (χ1n) is 3.90. The average molecular weight is 208 g/mol. The van der Waals surface area contributed by atoms with Crippen molar-refractivity contribution in [3.63, 3.8) is 0 Å². The lowest BCUT2D eigenvalue weighted by Gasteiger charge is -1.96. The van der Waals surface area contributed by atoms with Crippen LogP contribution in [-0.2, 0) is 7.05 Å². The summed E-state index contributed by atoms with van der Waals surface area (Å²) in [5.41, 5.74) is 8.09. The summed E-state index contributed by atoms with van der Waals surface area (Å²) in [5, 5.41) is 5.58. The molecular formula is C8H8N4OS. The van der Waals surface area contributed by atoms with Crippen molar-refractivity contribution in [3.8, 4) is 0 Å². The molecule has 2 aromatic rings. The number of thiazole rings is 1. The van der Waals surface area contributed by atoms with Crippen molar-refractivity contribution in [1.82, 2.24) is 14.8 Å². The second kappa shape index (κ2) is 3.22. The van der Waals surface area contributed by atoms with Crippen LogP contribution in [0.5, 0.6) is 0 Å². The van der Waals surface area contributed by atoms with Gasteiger partial charge in [-0.25, -0.2) is 4.98 Å². The molecule has 0 saturated carbocycles. The molecule has 0 radical (unpaired) electrons. The molecule has 0 atom stereocenters. The van der Waals surface area contributed by atoms with Crippen LogP contribution in [-0.4, -0.2) is 20.5 Å². The second-order valence-corrected chi connectivity index (χ2v) is 3.49. The Morgan fingerprint density at radius 1 is 1.64 bits per heavy atom. The predicted octanol–water partition coefficient (Wildman–Crippen LogP) is 0.690. The summed E-state index contributed by atoms with van der Waals surface area (Å²) in [6, 6.07) is 0. The SMILES string of the molecule is Cn1ncc(C(=O)c2cscn2)c1N. The average Bonchev–Trinajstić information content (AvgIpc) is 2.77. The van der Waals surface area contributed by atoms with Crippen LogP contribution in [0.15, 0.2) is 17.1 Å². The van der Waals surface area contributed by atoms with Crippen LogP contribution < -0.4 is 5.73 Å². The molecule has 6 heteroatoms. The molecule has 0 fully saturated rings. The molecule has 2 heterocycles. The highest BCUT2D eigenvalue weighted by molar-refractivity contribution is 7.07. The van der Waals surface area contributed by atoms with Gasteiger partial charge in [0.25, 0.3) is 0 Å². The van der Waals surface area contributed by atoms with E-state index in [2.05, 4.69) is 10.1 Å². The summed E-state index contributed by atoms with van der Waals surface area (Å²) in [6.45, 7) is 0. The number of nitrogens with zero attached hydrogens (tertiary/aromatic N) is 3. The number of hydrogen-bond donors (Lipinski definition) is 1. The minimum absolute atomic E-state index is 0.183. The van der Waals surface area contributed by atoms with Gasteiger partial charge in [0.15, 0.2) is 0 Å². The van der Waals surface area contributed by atoms with Crippen molar-refractivity contribution < 1.29 is 4.79 Å². The number of carbonyl (C=O) groups excluding carboxylic acids is 1. The van der Waals surface area contributed by atoms with E-state index >= 15 is 0 Å². The smallest absolute Gasteiger partial charge is 0.217 e. The maximum atomic E-state index is 11.8. The predicted molar refractivity (Wildman–Crippen MR) is 53.2 cm³/mol. The molecule has 14 heavy (non-hydrogen) atoms. The number of aromatic nitrogens is 3. The number of anilines is 1. The van der Waals surface area contributed by atoms with E-state index in [4.69, 9.17) is 5.73 Å². The van der Waals surface area contributed by atoms with Gasteiger partial charge in [0.2, 0.25) is 5.78 Å².